The highest BCUT2D eigenvalue weighted by Gasteiger charge is 2.02. The topological polar surface area (TPSA) is 23.8 Å². The molecule has 56 valence electrons. The Labute approximate surface area is 76.0 Å². The van der Waals surface area contributed by atoms with Crippen molar-refractivity contribution in [2.24, 2.45) is 0 Å². The average Bonchev–Trinajstić information content (AvgIpc) is 1.85. The second-order valence-corrected chi connectivity index (χ2v) is 3.15. The van der Waals surface area contributed by atoms with Gasteiger partial charge in [0.05, 0.1) is 5.56 Å². The fourth-order valence-corrected chi connectivity index (χ4v) is 1.59. The second-order valence-electron chi connectivity index (χ2n) is 2.23. The molecule has 0 fully saturated rings. The van der Waals surface area contributed by atoms with Crippen LogP contribution in [0, 0.1) is 18.3 Å². The molecule has 0 unspecified atom stereocenters. The van der Waals surface area contributed by atoms with Crippen molar-refractivity contribution in [3.05, 3.63) is 28.3 Å². The van der Waals surface area contributed by atoms with Crippen molar-refractivity contribution in [1.29, 1.82) is 5.26 Å². The lowest BCUT2D eigenvalue weighted by Gasteiger charge is -2.00. The van der Waals surface area contributed by atoms with Crippen molar-refractivity contribution < 1.29 is 0 Å². The number of benzene rings is 1. The fourth-order valence-electron chi connectivity index (χ4n) is 0.871. The molecule has 11 heavy (non-hydrogen) atoms. The number of hydrogen-bond acceptors (Lipinski definition) is 2. The summed E-state index contributed by atoms with van der Waals surface area (Å²) < 4.78 is 0. The van der Waals surface area contributed by atoms with Crippen LogP contribution < -0.4 is 0 Å². The Balaban J connectivity index is 3.40. The van der Waals surface area contributed by atoms with Gasteiger partial charge in [0.2, 0.25) is 0 Å². The first-order valence-electron chi connectivity index (χ1n) is 3.04. The summed E-state index contributed by atoms with van der Waals surface area (Å²) in [5.74, 6) is 0. The van der Waals surface area contributed by atoms with Crippen molar-refractivity contribution in [2.45, 2.75) is 11.8 Å². The first-order valence-corrected chi connectivity index (χ1v) is 3.87. The first-order chi connectivity index (χ1) is 5.15. The van der Waals surface area contributed by atoms with Crippen LogP contribution in [0.2, 0.25) is 5.02 Å². The maximum atomic E-state index is 8.65. The van der Waals surface area contributed by atoms with E-state index >= 15 is 0 Å². The molecule has 1 nitrogen and oxygen atoms in total. The van der Waals surface area contributed by atoms with Gasteiger partial charge < -0.3 is 0 Å². The van der Waals surface area contributed by atoms with Gasteiger partial charge in [0.15, 0.2) is 0 Å². The van der Waals surface area contributed by atoms with E-state index in [4.69, 9.17) is 16.9 Å². The molecular formula is C8H6ClNS. The smallest absolute Gasteiger partial charge is 0.101 e. The number of aryl methyl sites for hydroxylation is 1. The van der Waals surface area contributed by atoms with E-state index in [1.165, 1.54) is 0 Å². The summed E-state index contributed by atoms with van der Waals surface area (Å²) in [6.07, 6.45) is 0. The van der Waals surface area contributed by atoms with E-state index in [2.05, 4.69) is 18.7 Å². The van der Waals surface area contributed by atoms with Crippen molar-refractivity contribution in [1.82, 2.24) is 0 Å². The van der Waals surface area contributed by atoms with Crippen LogP contribution in [0.1, 0.15) is 11.1 Å². The van der Waals surface area contributed by atoms with E-state index < -0.39 is 0 Å². The van der Waals surface area contributed by atoms with Crippen LogP contribution in [0.4, 0.5) is 0 Å². The number of nitrogens with zero attached hydrogens (tertiary/aromatic N) is 1. The summed E-state index contributed by atoms with van der Waals surface area (Å²) in [7, 11) is 0. The highest BCUT2D eigenvalue weighted by Crippen LogP contribution is 2.22. The molecule has 0 aliphatic rings. The highest BCUT2D eigenvalue weighted by molar-refractivity contribution is 7.80. The van der Waals surface area contributed by atoms with Gasteiger partial charge in [-0.15, -0.1) is 12.6 Å². The van der Waals surface area contributed by atoms with Gasteiger partial charge in [-0.3, -0.25) is 0 Å². The molecule has 1 aromatic carbocycles. The van der Waals surface area contributed by atoms with Gasteiger partial charge >= 0.3 is 0 Å². The third kappa shape index (κ3) is 1.68. The molecule has 0 heterocycles. The SMILES string of the molecule is Cc1cc(Cl)cc(S)c1C#N. The average molecular weight is 184 g/mol. The van der Waals surface area contributed by atoms with Crippen LogP contribution in [0.3, 0.4) is 0 Å². The van der Waals surface area contributed by atoms with Crippen molar-refractivity contribution in [3.8, 4) is 6.07 Å². The van der Waals surface area contributed by atoms with Gasteiger partial charge in [-0.05, 0) is 24.6 Å². The predicted octanol–water partition coefficient (Wildman–Crippen LogP) is 2.81. The summed E-state index contributed by atoms with van der Waals surface area (Å²) in [4.78, 5) is 0.637. The molecule has 1 rings (SSSR count). The summed E-state index contributed by atoms with van der Waals surface area (Å²) in [5.41, 5.74) is 1.46. The molecule has 0 aliphatic heterocycles. The van der Waals surface area contributed by atoms with Crippen molar-refractivity contribution in [2.75, 3.05) is 0 Å². The van der Waals surface area contributed by atoms with E-state index in [0.29, 0.717) is 15.5 Å². The second kappa shape index (κ2) is 3.17. The van der Waals surface area contributed by atoms with Gasteiger partial charge in [0, 0.05) is 9.92 Å². The number of thiol groups is 1. The van der Waals surface area contributed by atoms with E-state index in [1.807, 2.05) is 6.92 Å². The van der Waals surface area contributed by atoms with Crippen molar-refractivity contribution >= 4 is 24.2 Å². The summed E-state index contributed by atoms with van der Waals surface area (Å²) in [5, 5.41) is 9.27. The zero-order chi connectivity index (χ0) is 8.43. The Bertz CT molecular complexity index is 304. The molecular weight excluding hydrogens is 178 g/mol. The van der Waals surface area contributed by atoms with Gasteiger partial charge in [-0.1, -0.05) is 11.6 Å². The van der Waals surface area contributed by atoms with Crippen LogP contribution in [0.15, 0.2) is 17.0 Å². The minimum absolute atomic E-state index is 0.595. The Morgan fingerprint density at radius 3 is 2.64 bits per heavy atom. The molecule has 0 saturated heterocycles. The monoisotopic (exact) mass is 183 g/mol. The largest absolute Gasteiger partial charge is 0.192 e. The van der Waals surface area contributed by atoms with Crippen LogP contribution >= 0.6 is 24.2 Å². The van der Waals surface area contributed by atoms with Crippen LogP contribution in [0.5, 0.6) is 0 Å². The molecule has 0 atom stereocenters. The maximum absolute atomic E-state index is 8.65. The minimum Gasteiger partial charge on any atom is -0.192 e. The fraction of sp³-hybridized carbons (Fsp3) is 0.125. The van der Waals surface area contributed by atoms with Gasteiger partial charge in [-0.2, -0.15) is 5.26 Å². The molecule has 0 saturated carbocycles. The van der Waals surface area contributed by atoms with Crippen molar-refractivity contribution in [3.63, 3.8) is 0 Å². The lowest BCUT2D eigenvalue weighted by Crippen LogP contribution is -1.83. The van der Waals surface area contributed by atoms with Gasteiger partial charge in [-0.25, -0.2) is 0 Å². The normalized spacial score (nSPS) is 9.27. The summed E-state index contributed by atoms with van der Waals surface area (Å²) in [6.45, 7) is 1.84. The van der Waals surface area contributed by atoms with Gasteiger partial charge in [0.1, 0.15) is 6.07 Å². The Kier molecular flexibility index (Phi) is 2.43. The quantitative estimate of drug-likeness (QED) is 0.615. The zero-order valence-corrected chi connectivity index (χ0v) is 7.58. The van der Waals surface area contributed by atoms with Gasteiger partial charge in [0.25, 0.3) is 0 Å². The third-order valence-electron chi connectivity index (χ3n) is 1.39. The molecule has 0 radical (unpaired) electrons. The minimum atomic E-state index is 0.595. The molecule has 0 spiro atoms. The Morgan fingerprint density at radius 1 is 1.55 bits per heavy atom. The van der Waals surface area contributed by atoms with E-state index in [0.717, 1.165) is 5.56 Å². The molecule has 0 amide bonds. The molecule has 0 aliphatic carbocycles. The first kappa shape index (κ1) is 8.45. The number of hydrogen-bond donors (Lipinski definition) is 1. The molecule has 0 bridgehead atoms. The molecule has 0 aromatic heterocycles. The van der Waals surface area contributed by atoms with Crippen LogP contribution in [-0.4, -0.2) is 0 Å². The van der Waals surface area contributed by atoms with Crippen LogP contribution in [-0.2, 0) is 0 Å². The summed E-state index contributed by atoms with van der Waals surface area (Å²) >= 11 is 9.83. The number of nitriles is 1. The maximum Gasteiger partial charge on any atom is 0.101 e. The van der Waals surface area contributed by atoms with E-state index in [-0.39, 0.29) is 0 Å². The standard InChI is InChI=1S/C8H6ClNS/c1-5-2-6(9)3-8(11)7(5)4-10/h2-3,11H,1H3. The molecule has 0 N–H and O–H groups in total. The Morgan fingerprint density at radius 2 is 2.18 bits per heavy atom. The predicted molar refractivity (Wildman–Crippen MR) is 48.2 cm³/mol. The number of halogens is 1. The lowest BCUT2D eigenvalue weighted by atomic mass is 10.1. The summed E-state index contributed by atoms with van der Waals surface area (Å²) in [6, 6.07) is 5.47. The zero-order valence-electron chi connectivity index (χ0n) is 5.93. The lowest BCUT2D eigenvalue weighted by molar-refractivity contribution is 1.30. The molecule has 1 aromatic rings. The van der Waals surface area contributed by atoms with E-state index in [1.54, 1.807) is 12.1 Å². The third-order valence-corrected chi connectivity index (χ3v) is 1.96. The highest BCUT2D eigenvalue weighted by atomic mass is 35.5. The molecule has 3 heteroatoms. The van der Waals surface area contributed by atoms with E-state index in [9.17, 15) is 0 Å². The Hall–Kier alpha value is -0.650. The van der Waals surface area contributed by atoms with Crippen LogP contribution in [0.25, 0.3) is 0 Å². The number of rotatable bonds is 0.